The first-order chi connectivity index (χ1) is 9.66. The summed E-state index contributed by atoms with van der Waals surface area (Å²) in [7, 11) is 1.60. The van der Waals surface area contributed by atoms with Gasteiger partial charge in [0.2, 0.25) is 0 Å². The molecule has 110 valence electrons. The summed E-state index contributed by atoms with van der Waals surface area (Å²) in [5.74, 6) is -1.50. The van der Waals surface area contributed by atoms with Crippen LogP contribution in [0.25, 0.3) is 0 Å². The lowest BCUT2D eigenvalue weighted by atomic mass is 10.1. The Labute approximate surface area is 117 Å². The summed E-state index contributed by atoms with van der Waals surface area (Å²) < 4.78 is 10.1. The molecule has 1 rings (SSSR count). The number of carbonyl (C=O) groups excluding carboxylic acids is 1. The van der Waals surface area contributed by atoms with Gasteiger partial charge in [-0.25, -0.2) is 4.79 Å². The van der Waals surface area contributed by atoms with Crippen LogP contribution in [0, 0.1) is 0 Å². The van der Waals surface area contributed by atoms with Crippen molar-refractivity contribution in [2.75, 3.05) is 33.5 Å². The third-order valence-corrected chi connectivity index (χ3v) is 2.58. The second-order valence-electron chi connectivity index (χ2n) is 4.07. The van der Waals surface area contributed by atoms with E-state index in [2.05, 4.69) is 5.32 Å². The lowest BCUT2D eigenvalue weighted by Crippen LogP contribution is -2.27. The van der Waals surface area contributed by atoms with Gasteiger partial charge in [0.05, 0.1) is 24.3 Å². The second-order valence-corrected chi connectivity index (χ2v) is 4.07. The summed E-state index contributed by atoms with van der Waals surface area (Å²) in [5, 5.41) is 11.7. The molecular weight excluding hydrogens is 262 g/mol. The lowest BCUT2D eigenvalue weighted by Gasteiger charge is -2.08. The number of amides is 1. The number of methoxy groups -OCH3 is 1. The van der Waals surface area contributed by atoms with Crippen molar-refractivity contribution in [3.8, 4) is 0 Å². The van der Waals surface area contributed by atoms with Gasteiger partial charge in [-0.3, -0.25) is 4.79 Å². The fourth-order valence-corrected chi connectivity index (χ4v) is 1.58. The van der Waals surface area contributed by atoms with Crippen molar-refractivity contribution >= 4 is 11.9 Å². The van der Waals surface area contributed by atoms with E-state index in [0.717, 1.165) is 0 Å². The van der Waals surface area contributed by atoms with Crippen molar-refractivity contribution in [2.45, 2.75) is 6.42 Å². The van der Waals surface area contributed by atoms with Gasteiger partial charge in [0.15, 0.2) is 0 Å². The van der Waals surface area contributed by atoms with Gasteiger partial charge in [-0.15, -0.1) is 0 Å². The summed E-state index contributed by atoms with van der Waals surface area (Å²) in [6.07, 6.45) is 0.657. The zero-order chi connectivity index (χ0) is 14.8. The molecule has 0 saturated heterocycles. The normalized spacial score (nSPS) is 10.2. The fourth-order valence-electron chi connectivity index (χ4n) is 1.58. The highest BCUT2D eigenvalue weighted by Gasteiger charge is 2.14. The number of hydrogen-bond acceptors (Lipinski definition) is 4. The third kappa shape index (κ3) is 5.38. The van der Waals surface area contributed by atoms with Crippen LogP contribution in [0.15, 0.2) is 24.3 Å². The van der Waals surface area contributed by atoms with Gasteiger partial charge in [0.25, 0.3) is 5.91 Å². The minimum absolute atomic E-state index is 0.00124. The molecule has 0 aliphatic rings. The Morgan fingerprint density at radius 1 is 1.15 bits per heavy atom. The van der Waals surface area contributed by atoms with E-state index in [1.165, 1.54) is 12.1 Å². The number of benzene rings is 1. The van der Waals surface area contributed by atoms with Crippen molar-refractivity contribution in [2.24, 2.45) is 0 Å². The SMILES string of the molecule is COCCOCCCNC(=O)c1ccccc1C(=O)O. The molecule has 0 bridgehead atoms. The molecule has 1 amide bonds. The molecule has 0 aliphatic carbocycles. The molecule has 0 unspecified atom stereocenters. The van der Waals surface area contributed by atoms with E-state index in [4.69, 9.17) is 14.6 Å². The number of ether oxygens (including phenoxy) is 2. The maximum atomic E-state index is 11.9. The van der Waals surface area contributed by atoms with Crippen molar-refractivity contribution in [3.63, 3.8) is 0 Å². The van der Waals surface area contributed by atoms with Crippen LogP contribution in [0.2, 0.25) is 0 Å². The van der Waals surface area contributed by atoms with Crippen LogP contribution in [0.5, 0.6) is 0 Å². The Morgan fingerprint density at radius 3 is 2.50 bits per heavy atom. The molecule has 0 spiro atoms. The smallest absolute Gasteiger partial charge is 0.336 e. The van der Waals surface area contributed by atoms with Gasteiger partial charge < -0.3 is 19.9 Å². The predicted octanol–water partition coefficient (Wildman–Crippen LogP) is 1.17. The molecule has 0 heterocycles. The van der Waals surface area contributed by atoms with E-state index in [1.807, 2.05) is 0 Å². The summed E-state index contributed by atoms with van der Waals surface area (Å²) in [4.78, 5) is 22.9. The number of hydrogen-bond donors (Lipinski definition) is 2. The zero-order valence-corrected chi connectivity index (χ0v) is 11.4. The van der Waals surface area contributed by atoms with Gasteiger partial charge >= 0.3 is 5.97 Å². The first-order valence-electron chi connectivity index (χ1n) is 6.34. The predicted molar refractivity (Wildman–Crippen MR) is 73.0 cm³/mol. The number of carboxylic acids is 1. The van der Waals surface area contributed by atoms with Gasteiger partial charge in [0, 0.05) is 20.3 Å². The van der Waals surface area contributed by atoms with Crippen LogP contribution in [0.1, 0.15) is 27.1 Å². The highest BCUT2D eigenvalue weighted by molar-refractivity contribution is 6.04. The third-order valence-electron chi connectivity index (χ3n) is 2.58. The van der Waals surface area contributed by atoms with Crippen LogP contribution < -0.4 is 5.32 Å². The minimum Gasteiger partial charge on any atom is -0.478 e. The fraction of sp³-hybridized carbons (Fsp3) is 0.429. The molecule has 0 aliphatic heterocycles. The summed E-state index contributed by atoms with van der Waals surface area (Å²) in [6.45, 7) is 2.01. The van der Waals surface area contributed by atoms with Crippen molar-refractivity contribution in [3.05, 3.63) is 35.4 Å². The monoisotopic (exact) mass is 281 g/mol. The molecule has 2 N–H and O–H groups in total. The van der Waals surface area contributed by atoms with Crippen molar-refractivity contribution < 1.29 is 24.2 Å². The Balaban J connectivity index is 2.35. The highest BCUT2D eigenvalue weighted by Crippen LogP contribution is 2.08. The van der Waals surface area contributed by atoms with Crippen LogP contribution >= 0.6 is 0 Å². The van der Waals surface area contributed by atoms with Gasteiger partial charge in [0.1, 0.15) is 0 Å². The summed E-state index contributed by atoms with van der Waals surface area (Å²) in [6, 6.07) is 6.12. The quantitative estimate of drug-likeness (QED) is 0.664. The van der Waals surface area contributed by atoms with Crippen LogP contribution in [0.4, 0.5) is 0 Å². The average molecular weight is 281 g/mol. The Bertz CT molecular complexity index is 447. The molecule has 0 fully saturated rings. The average Bonchev–Trinajstić information content (AvgIpc) is 2.46. The topological polar surface area (TPSA) is 84.9 Å². The Hall–Kier alpha value is -1.92. The molecule has 0 aromatic heterocycles. The van der Waals surface area contributed by atoms with Crippen molar-refractivity contribution in [1.29, 1.82) is 0 Å². The van der Waals surface area contributed by atoms with E-state index in [1.54, 1.807) is 19.2 Å². The first kappa shape index (κ1) is 16.1. The number of carbonyl (C=O) groups is 2. The van der Waals surface area contributed by atoms with Crippen molar-refractivity contribution in [1.82, 2.24) is 5.32 Å². The van der Waals surface area contributed by atoms with Crippen LogP contribution in [0.3, 0.4) is 0 Å². The molecule has 0 saturated carbocycles. The van der Waals surface area contributed by atoms with Crippen LogP contribution in [-0.2, 0) is 9.47 Å². The molecule has 6 heteroatoms. The zero-order valence-electron chi connectivity index (χ0n) is 11.4. The van der Waals surface area contributed by atoms with E-state index in [9.17, 15) is 9.59 Å². The second kappa shape index (κ2) is 9.06. The molecule has 0 atom stereocenters. The first-order valence-corrected chi connectivity index (χ1v) is 6.34. The summed E-state index contributed by atoms with van der Waals surface area (Å²) in [5.41, 5.74) is 0.168. The molecular formula is C14H19NO5. The Kier molecular flexibility index (Phi) is 7.31. The van der Waals surface area contributed by atoms with E-state index in [-0.39, 0.29) is 17.0 Å². The van der Waals surface area contributed by atoms with Gasteiger partial charge in [-0.1, -0.05) is 12.1 Å². The van der Waals surface area contributed by atoms with Gasteiger partial charge in [-0.2, -0.15) is 0 Å². The highest BCUT2D eigenvalue weighted by atomic mass is 16.5. The van der Waals surface area contributed by atoms with E-state index < -0.39 is 5.97 Å². The van der Waals surface area contributed by atoms with Gasteiger partial charge in [-0.05, 0) is 18.6 Å². The molecule has 6 nitrogen and oxygen atoms in total. The molecule has 0 radical (unpaired) electrons. The minimum atomic E-state index is -1.11. The maximum absolute atomic E-state index is 11.9. The standard InChI is InChI=1S/C14H19NO5/c1-19-9-10-20-8-4-7-15-13(16)11-5-2-3-6-12(11)14(17)18/h2-3,5-6H,4,7-10H2,1H3,(H,15,16)(H,17,18). The number of rotatable bonds is 9. The maximum Gasteiger partial charge on any atom is 0.336 e. The lowest BCUT2D eigenvalue weighted by molar-refractivity contribution is 0.0680. The van der Waals surface area contributed by atoms with Crippen LogP contribution in [-0.4, -0.2) is 50.5 Å². The molecule has 20 heavy (non-hydrogen) atoms. The molecule has 1 aromatic rings. The largest absolute Gasteiger partial charge is 0.478 e. The number of aromatic carboxylic acids is 1. The number of carboxylic acid groups (broad SMARTS) is 1. The molecule has 1 aromatic carbocycles. The van der Waals surface area contributed by atoms with E-state index in [0.29, 0.717) is 32.8 Å². The number of nitrogens with one attached hydrogen (secondary N) is 1. The summed E-state index contributed by atoms with van der Waals surface area (Å²) >= 11 is 0. The van der Waals surface area contributed by atoms with E-state index >= 15 is 0 Å². The Morgan fingerprint density at radius 2 is 1.85 bits per heavy atom.